The van der Waals surface area contributed by atoms with Crippen LogP contribution >= 0.6 is 11.6 Å². The first-order chi connectivity index (χ1) is 13.0. The van der Waals surface area contributed by atoms with Gasteiger partial charge in [0.05, 0.1) is 30.2 Å². The van der Waals surface area contributed by atoms with Crippen LogP contribution in [0.4, 0.5) is 5.69 Å². The minimum absolute atomic E-state index is 0.162. The lowest BCUT2D eigenvalue weighted by atomic mass is 10.2. The van der Waals surface area contributed by atoms with Crippen molar-refractivity contribution < 1.29 is 22.7 Å². The second-order valence-corrected chi connectivity index (χ2v) is 8.53. The number of sulfonamides is 1. The lowest BCUT2D eigenvalue weighted by Gasteiger charge is -2.16. The Balaban J connectivity index is 1.43. The zero-order valence-corrected chi connectivity index (χ0v) is 16.2. The summed E-state index contributed by atoms with van der Waals surface area (Å²) < 4.78 is 36.0. The molecule has 0 saturated carbocycles. The number of ether oxygens (including phenoxy) is 2. The van der Waals surface area contributed by atoms with Gasteiger partial charge in [-0.15, -0.1) is 0 Å². The second kappa shape index (κ2) is 8.63. The monoisotopic (exact) mass is 409 g/mol. The minimum Gasteiger partial charge on any atom is -0.493 e. The average Bonchev–Trinajstić information content (AvgIpc) is 3.02. The lowest BCUT2D eigenvalue weighted by molar-refractivity contribution is 0.0486. The molecule has 0 unspecified atom stereocenters. The maximum Gasteiger partial charge on any atom is 0.338 e. The summed E-state index contributed by atoms with van der Waals surface area (Å²) in [6.07, 6.45) is 1.17. The molecule has 2 aromatic carbocycles. The molecule has 1 heterocycles. The molecule has 0 bridgehead atoms. The highest BCUT2D eigenvalue weighted by molar-refractivity contribution is 7.93. The van der Waals surface area contributed by atoms with E-state index in [1.54, 1.807) is 48.5 Å². The number of hydrogen-bond acceptors (Lipinski definition) is 5. The van der Waals surface area contributed by atoms with Crippen LogP contribution in [-0.4, -0.2) is 39.9 Å². The summed E-state index contributed by atoms with van der Waals surface area (Å²) in [6.45, 7) is 1.12. The molecule has 27 heavy (non-hydrogen) atoms. The van der Waals surface area contributed by atoms with E-state index in [0.717, 1.165) is 0 Å². The Labute approximate surface area is 163 Å². The number of hydrogen-bond donors (Lipinski definition) is 0. The molecule has 0 N–H and O–H groups in total. The van der Waals surface area contributed by atoms with Gasteiger partial charge >= 0.3 is 5.97 Å². The molecule has 0 aromatic heterocycles. The summed E-state index contributed by atoms with van der Waals surface area (Å²) >= 11 is 5.80. The summed E-state index contributed by atoms with van der Waals surface area (Å²) in [5.41, 5.74) is 0.953. The van der Waals surface area contributed by atoms with Gasteiger partial charge in [-0.05, 0) is 55.0 Å². The van der Waals surface area contributed by atoms with Crippen LogP contribution in [-0.2, 0) is 14.8 Å². The molecule has 3 rings (SSSR count). The number of esters is 1. The third kappa shape index (κ3) is 5.14. The Hall–Kier alpha value is -2.25. The summed E-state index contributed by atoms with van der Waals surface area (Å²) in [4.78, 5) is 12.1. The number of rotatable bonds is 7. The second-order valence-electron chi connectivity index (χ2n) is 6.08. The predicted octanol–water partition coefficient (Wildman–Crippen LogP) is 3.51. The van der Waals surface area contributed by atoms with Gasteiger partial charge in [0.15, 0.2) is 0 Å². The molecule has 2 aromatic rings. The first kappa shape index (κ1) is 19.5. The lowest BCUT2D eigenvalue weighted by Crippen LogP contribution is -2.25. The van der Waals surface area contributed by atoms with Gasteiger partial charge in [-0.2, -0.15) is 0 Å². The van der Waals surface area contributed by atoms with E-state index in [2.05, 4.69) is 0 Å². The molecular formula is C19H20ClNO5S. The van der Waals surface area contributed by atoms with Gasteiger partial charge in [-0.1, -0.05) is 11.6 Å². The summed E-state index contributed by atoms with van der Waals surface area (Å²) in [6, 6.07) is 13.5. The van der Waals surface area contributed by atoms with Crippen molar-refractivity contribution in [1.29, 1.82) is 0 Å². The van der Waals surface area contributed by atoms with Gasteiger partial charge in [0, 0.05) is 18.0 Å². The van der Waals surface area contributed by atoms with E-state index >= 15 is 0 Å². The van der Waals surface area contributed by atoms with Crippen molar-refractivity contribution in [3.63, 3.8) is 0 Å². The highest BCUT2D eigenvalue weighted by Gasteiger charge is 2.28. The standard InChI is InChI=1S/C19H20ClNO5S/c20-16-5-9-18(10-6-16)25-12-2-13-26-19(22)15-3-7-17(8-4-15)21-11-1-14-27(21,23)24/h3-10H,1-2,11-14H2. The van der Waals surface area contributed by atoms with Gasteiger partial charge in [0.2, 0.25) is 10.0 Å². The Kier molecular flexibility index (Phi) is 6.23. The Bertz CT molecular complexity index is 881. The molecule has 0 amide bonds. The van der Waals surface area contributed by atoms with Crippen LogP contribution in [0.15, 0.2) is 48.5 Å². The Morgan fingerprint density at radius 2 is 1.74 bits per heavy atom. The van der Waals surface area contributed by atoms with E-state index in [4.69, 9.17) is 21.1 Å². The summed E-state index contributed by atoms with van der Waals surface area (Å²) in [5.74, 6) is 0.421. The topological polar surface area (TPSA) is 72.9 Å². The molecule has 1 aliphatic rings. The fourth-order valence-corrected chi connectivity index (χ4v) is 4.41. The van der Waals surface area contributed by atoms with E-state index in [9.17, 15) is 13.2 Å². The largest absolute Gasteiger partial charge is 0.493 e. The Morgan fingerprint density at radius 1 is 1.04 bits per heavy atom. The van der Waals surface area contributed by atoms with Crippen LogP contribution in [0.1, 0.15) is 23.2 Å². The van der Waals surface area contributed by atoms with E-state index in [0.29, 0.717) is 48.0 Å². The molecule has 1 saturated heterocycles. The van der Waals surface area contributed by atoms with Crippen molar-refractivity contribution in [2.75, 3.05) is 29.8 Å². The fourth-order valence-electron chi connectivity index (χ4n) is 2.72. The van der Waals surface area contributed by atoms with Crippen molar-refractivity contribution in [3.8, 4) is 5.75 Å². The molecule has 0 atom stereocenters. The highest BCUT2D eigenvalue weighted by Crippen LogP contribution is 2.24. The van der Waals surface area contributed by atoms with Gasteiger partial charge in [0.1, 0.15) is 5.75 Å². The van der Waals surface area contributed by atoms with Crippen LogP contribution < -0.4 is 9.04 Å². The molecule has 0 radical (unpaired) electrons. The minimum atomic E-state index is -3.22. The maximum atomic E-state index is 12.1. The third-order valence-corrected chi connectivity index (χ3v) is 6.22. The van der Waals surface area contributed by atoms with E-state index in [1.807, 2.05) is 0 Å². The molecule has 1 fully saturated rings. The number of anilines is 1. The SMILES string of the molecule is O=C(OCCCOc1ccc(Cl)cc1)c1ccc(N2CCCS2(=O)=O)cc1. The number of halogens is 1. The van der Waals surface area contributed by atoms with Gasteiger partial charge in [-0.3, -0.25) is 4.31 Å². The van der Waals surface area contributed by atoms with Crippen molar-refractivity contribution >= 4 is 33.3 Å². The van der Waals surface area contributed by atoms with E-state index in [-0.39, 0.29) is 12.4 Å². The summed E-state index contributed by atoms with van der Waals surface area (Å²) in [5, 5.41) is 0.643. The molecule has 8 heteroatoms. The fraction of sp³-hybridized carbons (Fsp3) is 0.316. The predicted molar refractivity (Wildman–Crippen MR) is 104 cm³/mol. The van der Waals surface area contributed by atoms with Crippen LogP contribution in [0.25, 0.3) is 0 Å². The number of carbonyl (C=O) groups is 1. The molecule has 6 nitrogen and oxygen atoms in total. The van der Waals surface area contributed by atoms with Gasteiger partial charge in [0.25, 0.3) is 0 Å². The third-order valence-electron chi connectivity index (χ3n) is 4.09. The Morgan fingerprint density at radius 3 is 2.37 bits per heavy atom. The first-order valence-electron chi connectivity index (χ1n) is 8.62. The molecule has 1 aliphatic heterocycles. The zero-order valence-electron chi connectivity index (χ0n) is 14.6. The van der Waals surface area contributed by atoms with E-state index in [1.165, 1.54) is 4.31 Å². The number of benzene rings is 2. The van der Waals surface area contributed by atoms with Gasteiger partial charge in [-0.25, -0.2) is 13.2 Å². The van der Waals surface area contributed by atoms with Crippen LogP contribution in [0.3, 0.4) is 0 Å². The van der Waals surface area contributed by atoms with Crippen molar-refractivity contribution in [1.82, 2.24) is 0 Å². The zero-order chi connectivity index (χ0) is 19.3. The molecule has 144 valence electrons. The van der Waals surface area contributed by atoms with Crippen LogP contribution in [0.2, 0.25) is 5.02 Å². The highest BCUT2D eigenvalue weighted by atomic mass is 35.5. The molecular weight excluding hydrogens is 390 g/mol. The van der Waals surface area contributed by atoms with Crippen molar-refractivity contribution in [3.05, 3.63) is 59.1 Å². The van der Waals surface area contributed by atoms with E-state index < -0.39 is 16.0 Å². The summed E-state index contributed by atoms with van der Waals surface area (Å²) in [7, 11) is -3.22. The maximum absolute atomic E-state index is 12.1. The average molecular weight is 410 g/mol. The van der Waals surface area contributed by atoms with Crippen molar-refractivity contribution in [2.45, 2.75) is 12.8 Å². The quantitative estimate of drug-likeness (QED) is 0.517. The number of carbonyl (C=O) groups excluding carboxylic acids is 1. The van der Waals surface area contributed by atoms with Crippen LogP contribution in [0.5, 0.6) is 5.75 Å². The normalized spacial score (nSPS) is 15.5. The first-order valence-corrected chi connectivity index (χ1v) is 10.6. The van der Waals surface area contributed by atoms with Gasteiger partial charge < -0.3 is 9.47 Å². The van der Waals surface area contributed by atoms with Crippen molar-refractivity contribution in [2.24, 2.45) is 0 Å². The number of nitrogens with zero attached hydrogens (tertiary/aromatic N) is 1. The smallest absolute Gasteiger partial charge is 0.338 e. The molecule has 0 spiro atoms. The van der Waals surface area contributed by atoms with Crippen LogP contribution in [0, 0.1) is 0 Å². The molecule has 0 aliphatic carbocycles.